The van der Waals surface area contributed by atoms with Gasteiger partial charge < -0.3 is 70.4 Å². The van der Waals surface area contributed by atoms with Crippen molar-refractivity contribution in [3.63, 3.8) is 0 Å². The molecule has 10 N–H and O–H groups in total. The first-order valence-electron chi connectivity index (χ1n) is 20.2. The highest BCUT2D eigenvalue weighted by atomic mass is 16.7. The SMILES string of the molecule is COc1cccc2c1C(=O)c1c(O)c3c(c(O)c1C2=O)C[C@@](O)(C(=O)CO)C[C@@H]3O[C@H]1C[C@H](NC(=O)CCCc2cn([C@@H]3O[C@H](CO)[C@H](O)[C@H](O)[C@H]3NC(C)=O)nn2)[C@H](O)[C@H](C)O1. The number of fused-ring (bicyclic) bond motifs is 3. The van der Waals surface area contributed by atoms with E-state index in [1.54, 1.807) is 0 Å². The quantitative estimate of drug-likeness (QED) is 0.0642. The molecule has 0 radical (unpaired) electrons. The smallest absolute Gasteiger partial charge is 0.220 e. The molecule has 0 saturated carbocycles. The number of hydrogen-bond acceptors (Lipinski definition) is 19. The van der Waals surface area contributed by atoms with Gasteiger partial charge in [-0.3, -0.25) is 24.0 Å². The fraction of sp³-hybridized carbons (Fsp3) is 0.537. The van der Waals surface area contributed by atoms with Crippen LogP contribution >= 0.6 is 0 Å². The van der Waals surface area contributed by atoms with Crippen LogP contribution in [0.2, 0.25) is 0 Å². The van der Waals surface area contributed by atoms with E-state index in [4.69, 9.17) is 18.9 Å². The van der Waals surface area contributed by atoms with Crippen molar-refractivity contribution in [2.24, 2.45) is 0 Å². The van der Waals surface area contributed by atoms with Crippen LogP contribution in [-0.4, -0.2) is 160 Å². The number of ether oxygens (including phenoxy) is 4. The average molecular weight is 884 g/mol. The van der Waals surface area contributed by atoms with Crippen LogP contribution in [0.15, 0.2) is 24.4 Å². The minimum atomic E-state index is -2.38. The van der Waals surface area contributed by atoms with Crippen molar-refractivity contribution in [2.45, 2.75) is 119 Å². The largest absolute Gasteiger partial charge is 0.507 e. The number of ketones is 3. The van der Waals surface area contributed by atoms with Gasteiger partial charge in [0.15, 0.2) is 24.1 Å². The highest BCUT2D eigenvalue weighted by Gasteiger charge is 2.51. The van der Waals surface area contributed by atoms with E-state index >= 15 is 0 Å². The molecule has 4 aliphatic rings. The maximum atomic E-state index is 14.0. The van der Waals surface area contributed by atoms with Gasteiger partial charge in [-0.15, -0.1) is 5.10 Å². The Labute approximate surface area is 358 Å². The number of aromatic nitrogens is 3. The molecule has 0 spiro atoms. The number of hydrogen-bond donors (Lipinski definition) is 10. The second-order valence-electron chi connectivity index (χ2n) is 16.2. The number of Topliss-reactive ketones (excluding diaryl/α,β-unsaturated/α-hetero) is 1. The van der Waals surface area contributed by atoms with Crippen LogP contribution in [-0.2, 0) is 41.4 Å². The van der Waals surface area contributed by atoms with E-state index in [1.165, 1.54) is 50.0 Å². The first-order chi connectivity index (χ1) is 29.9. The van der Waals surface area contributed by atoms with Crippen LogP contribution in [0.3, 0.4) is 0 Å². The fourth-order valence-electron chi connectivity index (χ4n) is 8.83. The summed E-state index contributed by atoms with van der Waals surface area (Å²) >= 11 is 0. The van der Waals surface area contributed by atoms with Gasteiger partial charge >= 0.3 is 0 Å². The number of rotatable bonds is 13. The van der Waals surface area contributed by atoms with Crippen molar-refractivity contribution in [3.8, 4) is 17.2 Å². The molecule has 2 aromatic carbocycles. The third-order valence-electron chi connectivity index (χ3n) is 12.0. The second kappa shape index (κ2) is 18.0. The van der Waals surface area contributed by atoms with Crippen LogP contribution < -0.4 is 15.4 Å². The molecule has 0 bridgehead atoms. The van der Waals surface area contributed by atoms with Crippen LogP contribution in [0.1, 0.15) is 101 Å². The number of nitrogens with zero attached hydrogens (tertiary/aromatic N) is 3. The van der Waals surface area contributed by atoms with Crippen molar-refractivity contribution in [1.29, 1.82) is 0 Å². The van der Waals surface area contributed by atoms with Gasteiger partial charge in [0.1, 0.15) is 59.9 Å². The Bertz CT molecular complexity index is 2300. The average Bonchev–Trinajstić information content (AvgIpc) is 3.72. The highest BCUT2D eigenvalue weighted by molar-refractivity contribution is 6.31. The Morgan fingerprint density at radius 3 is 2.40 bits per heavy atom. The molecule has 7 rings (SSSR count). The lowest BCUT2D eigenvalue weighted by Crippen LogP contribution is -2.62. The minimum absolute atomic E-state index is 0.0388. The number of amides is 2. The maximum absolute atomic E-state index is 14.0. The third kappa shape index (κ3) is 8.41. The number of phenols is 2. The predicted molar refractivity (Wildman–Crippen MR) is 209 cm³/mol. The molecular formula is C41H49N5O17. The van der Waals surface area contributed by atoms with Crippen molar-refractivity contribution < 1.29 is 83.8 Å². The summed E-state index contributed by atoms with van der Waals surface area (Å²) in [6, 6.07) is 2.16. The molecular weight excluding hydrogens is 834 g/mol. The van der Waals surface area contributed by atoms with Crippen molar-refractivity contribution in [3.05, 3.63) is 63.5 Å². The lowest BCUT2D eigenvalue weighted by Gasteiger charge is -2.43. The van der Waals surface area contributed by atoms with E-state index < -0.39 is 145 Å². The molecule has 2 fully saturated rings. The molecule has 2 aliphatic heterocycles. The summed E-state index contributed by atoms with van der Waals surface area (Å²) < 4.78 is 24.4. The molecule has 0 unspecified atom stereocenters. The summed E-state index contributed by atoms with van der Waals surface area (Å²) in [5, 5.41) is 99.9. The third-order valence-corrected chi connectivity index (χ3v) is 12.0. The van der Waals surface area contributed by atoms with Crippen LogP contribution in [0.5, 0.6) is 17.2 Å². The molecule has 1 aromatic heterocycles. The number of aromatic hydroxyl groups is 2. The molecule has 11 atom stereocenters. The standard InChI is InChI=1S/C41H49N5O17/c1-16-33(52)21(43-26(51)9-4-6-18-13-46(45-44-18)40-32(42-17(2)49)39(58)36(55)24(14-47)63-40)10-27(61-16)62-23-12-41(59,25(50)15-48)11-20-29(23)38(57)31-30(35(20)54)34(53)19-7-5-8-22(60-3)28(19)37(31)56/h5,7-8,13,16,21,23-24,27,32-33,36,39-40,47-48,52,54-55,57-59H,4,6,9-12,14-15H2,1-3H3,(H,42,49)(H,43,51)/t16-,21-,23-,24+,27-,32+,33+,36-,39+,40+,41-/m0/s1. The van der Waals surface area contributed by atoms with Crippen LogP contribution in [0, 0.1) is 0 Å². The van der Waals surface area contributed by atoms with E-state index in [-0.39, 0.29) is 53.7 Å². The van der Waals surface area contributed by atoms with E-state index in [0.717, 1.165) is 0 Å². The first kappa shape index (κ1) is 45.6. The predicted octanol–water partition coefficient (Wildman–Crippen LogP) is -2.11. The zero-order valence-electron chi connectivity index (χ0n) is 34.3. The van der Waals surface area contributed by atoms with Crippen molar-refractivity contribution in [2.75, 3.05) is 20.3 Å². The van der Waals surface area contributed by atoms with Gasteiger partial charge in [-0.2, -0.15) is 0 Å². The number of benzene rings is 2. The number of aryl methyl sites for hydroxylation is 1. The van der Waals surface area contributed by atoms with E-state index in [9.17, 15) is 64.8 Å². The summed E-state index contributed by atoms with van der Waals surface area (Å²) in [4.78, 5) is 65.8. The molecule has 63 heavy (non-hydrogen) atoms. The van der Waals surface area contributed by atoms with Crippen LogP contribution in [0.25, 0.3) is 0 Å². The van der Waals surface area contributed by atoms with Gasteiger partial charge in [-0.25, -0.2) is 4.68 Å². The Kier molecular flexibility index (Phi) is 13.0. The number of aliphatic hydroxyl groups is 6. The van der Waals surface area contributed by atoms with Gasteiger partial charge in [0.05, 0.1) is 60.5 Å². The van der Waals surface area contributed by atoms with E-state index in [2.05, 4.69) is 20.9 Å². The number of phenolic OH excluding ortho intramolecular Hbond substituents is 2. The summed E-state index contributed by atoms with van der Waals surface area (Å²) in [7, 11) is 1.29. The van der Waals surface area contributed by atoms with Crippen LogP contribution in [0.4, 0.5) is 0 Å². The number of methoxy groups -OCH3 is 1. The minimum Gasteiger partial charge on any atom is -0.507 e. The fourth-order valence-corrected chi connectivity index (χ4v) is 8.83. The molecule has 2 saturated heterocycles. The molecule has 2 aliphatic carbocycles. The lowest BCUT2D eigenvalue weighted by molar-refractivity contribution is -0.249. The number of carbonyl (C=O) groups is 5. The zero-order chi connectivity index (χ0) is 45.7. The molecule has 22 heteroatoms. The summed E-state index contributed by atoms with van der Waals surface area (Å²) in [5.41, 5.74) is -3.84. The second-order valence-corrected chi connectivity index (χ2v) is 16.2. The van der Waals surface area contributed by atoms with E-state index in [0.29, 0.717) is 5.69 Å². The molecule has 3 heterocycles. The van der Waals surface area contributed by atoms with E-state index in [1.807, 2.05) is 0 Å². The summed E-state index contributed by atoms with van der Waals surface area (Å²) in [6.07, 6.45) is -9.92. The van der Waals surface area contributed by atoms with Gasteiger partial charge in [0, 0.05) is 49.3 Å². The molecule has 340 valence electrons. The Hall–Kier alpha value is -5.43. The van der Waals surface area contributed by atoms with Gasteiger partial charge in [0.25, 0.3) is 0 Å². The Morgan fingerprint density at radius 1 is 0.984 bits per heavy atom. The van der Waals surface area contributed by atoms with Crippen molar-refractivity contribution in [1.82, 2.24) is 25.6 Å². The molecule has 3 aromatic rings. The Balaban J connectivity index is 1.06. The Morgan fingerprint density at radius 2 is 1.71 bits per heavy atom. The number of carbonyl (C=O) groups excluding carboxylic acids is 5. The number of nitrogens with one attached hydrogen (secondary N) is 2. The summed E-state index contributed by atoms with van der Waals surface area (Å²) in [5.74, 6) is -5.23. The monoisotopic (exact) mass is 883 g/mol. The zero-order valence-corrected chi connectivity index (χ0v) is 34.3. The summed E-state index contributed by atoms with van der Waals surface area (Å²) in [6.45, 7) is 0.994. The van der Waals surface area contributed by atoms with Crippen molar-refractivity contribution >= 4 is 29.2 Å². The van der Waals surface area contributed by atoms with Gasteiger partial charge in [0.2, 0.25) is 17.6 Å². The van der Waals surface area contributed by atoms with Gasteiger partial charge in [-0.05, 0) is 25.8 Å². The lowest BCUT2D eigenvalue weighted by atomic mass is 9.72. The molecule has 22 nitrogen and oxygen atoms in total. The normalized spacial score (nSPS) is 30.2. The van der Waals surface area contributed by atoms with Gasteiger partial charge in [-0.1, -0.05) is 17.3 Å². The first-order valence-corrected chi connectivity index (χ1v) is 20.2. The molecule has 2 amide bonds. The highest BCUT2D eigenvalue weighted by Crippen LogP contribution is 2.52. The number of aliphatic hydroxyl groups excluding tert-OH is 5. The topological polar surface area (TPSA) is 339 Å². The maximum Gasteiger partial charge on any atom is 0.220 e.